The van der Waals surface area contributed by atoms with E-state index in [1.165, 1.54) is 29.4 Å². The maximum Gasteiger partial charge on any atom is 0.356 e. The SMILES string of the molecule is N#CN(/C=N/N)c1nc(CSCCN=C2NOC(=O)/C=C\C(=O)O2)cs1. The van der Waals surface area contributed by atoms with Crippen LogP contribution in [0.25, 0.3) is 0 Å². The second kappa shape index (κ2) is 10.0. The van der Waals surface area contributed by atoms with Crippen LogP contribution in [0.2, 0.25) is 0 Å². The maximum absolute atomic E-state index is 11.3. The Morgan fingerprint density at radius 3 is 3.04 bits per heavy atom. The number of hydroxylamine groups is 1. The third-order valence-corrected chi connectivity index (χ3v) is 4.43. The van der Waals surface area contributed by atoms with E-state index in [4.69, 9.17) is 15.8 Å². The Morgan fingerprint density at radius 1 is 1.46 bits per heavy atom. The van der Waals surface area contributed by atoms with Gasteiger partial charge in [-0.3, -0.25) is 0 Å². The lowest BCUT2D eigenvalue weighted by Crippen LogP contribution is -2.32. The number of nitrogens with two attached hydrogens (primary N) is 1. The Bertz CT molecular complexity index is 784. The molecule has 0 atom stereocenters. The molecule has 0 saturated carbocycles. The van der Waals surface area contributed by atoms with Gasteiger partial charge in [-0.05, 0) is 0 Å². The molecule has 1 aromatic heterocycles. The van der Waals surface area contributed by atoms with E-state index in [0.29, 0.717) is 23.2 Å². The number of hydrazone groups is 1. The van der Waals surface area contributed by atoms with E-state index in [1.807, 2.05) is 11.6 Å². The fourth-order valence-corrected chi connectivity index (χ4v) is 3.10. The molecule has 0 unspecified atom stereocenters. The number of amidine groups is 1. The van der Waals surface area contributed by atoms with Crippen LogP contribution in [-0.4, -0.2) is 41.6 Å². The van der Waals surface area contributed by atoms with E-state index in [1.54, 1.807) is 0 Å². The van der Waals surface area contributed by atoms with Gasteiger partial charge in [0.05, 0.1) is 12.2 Å². The average Bonchev–Trinajstić information content (AvgIpc) is 3.09. The quantitative estimate of drug-likeness (QED) is 0.0947. The molecule has 0 fully saturated rings. The zero-order chi connectivity index (χ0) is 18.8. The van der Waals surface area contributed by atoms with Crippen LogP contribution >= 0.6 is 23.1 Å². The van der Waals surface area contributed by atoms with Gasteiger partial charge in [-0.25, -0.2) is 24.5 Å². The molecule has 11 nitrogen and oxygen atoms in total. The number of ether oxygens (including phenoxy) is 1. The Kier molecular flexibility index (Phi) is 7.40. The molecule has 3 N–H and O–H groups in total. The summed E-state index contributed by atoms with van der Waals surface area (Å²) in [5.41, 5.74) is 2.97. The second-order valence-corrected chi connectivity index (χ2v) is 6.31. The van der Waals surface area contributed by atoms with Crippen molar-refractivity contribution in [2.24, 2.45) is 15.9 Å². The zero-order valence-electron chi connectivity index (χ0n) is 13.2. The molecule has 0 aliphatic carbocycles. The third kappa shape index (κ3) is 6.07. The Morgan fingerprint density at radius 2 is 2.27 bits per heavy atom. The maximum atomic E-state index is 11.3. The van der Waals surface area contributed by atoms with Crippen LogP contribution in [0.4, 0.5) is 5.13 Å². The summed E-state index contributed by atoms with van der Waals surface area (Å²) in [6.45, 7) is 0.322. The number of hydrogen-bond donors (Lipinski definition) is 2. The smallest absolute Gasteiger partial charge is 0.356 e. The van der Waals surface area contributed by atoms with Gasteiger partial charge in [0, 0.05) is 29.0 Å². The van der Waals surface area contributed by atoms with Crippen molar-refractivity contribution in [1.29, 1.82) is 5.26 Å². The van der Waals surface area contributed by atoms with E-state index in [0.717, 1.165) is 22.7 Å². The third-order valence-electron chi connectivity index (χ3n) is 2.57. The topological polar surface area (TPSA) is 155 Å². The van der Waals surface area contributed by atoms with Crippen molar-refractivity contribution in [3.8, 4) is 6.19 Å². The lowest BCUT2D eigenvalue weighted by molar-refractivity contribution is -0.145. The first-order valence-electron chi connectivity index (χ1n) is 6.98. The van der Waals surface area contributed by atoms with Crippen LogP contribution in [0.15, 0.2) is 27.6 Å². The van der Waals surface area contributed by atoms with Crippen LogP contribution in [-0.2, 0) is 24.9 Å². The van der Waals surface area contributed by atoms with Crippen LogP contribution < -0.4 is 16.2 Å². The summed E-state index contributed by atoms with van der Waals surface area (Å²) in [6, 6.07) is -0.185. The molecule has 26 heavy (non-hydrogen) atoms. The summed E-state index contributed by atoms with van der Waals surface area (Å²) in [7, 11) is 0. The molecule has 2 rings (SSSR count). The minimum absolute atomic E-state index is 0.185. The number of carbonyl (C=O) groups is 2. The first-order valence-corrected chi connectivity index (χ1v) is 9.01. The number of nitriles is 1. The number of aliphatic imine (C=N–C) groups is 1. The molecule has 1 aliphatic heterocycles. The van der Waals surface area contributed by atoms with Crippen molar-refractivity contribution < 1.29 is 19.2 Å². The van der Waals surface area contributed by atoms with Gasteiger partial charge in [0.1, 0.15) is 6.34 Å². The van der Waals surface area contributed by atoms with Crippen molar-refractivity contribution >= 4 is 52.5 Å². The number of nitrogens with zero attached hydrogens (tertiary/aromatic N) is 5. The fraction of sp³-hybridized carbons (Fsp3) is 0.231. The molecule has 0 saturated heterocycles. The molecular weight excluding hydrogens is 382 g/mol. The highest BCUT2D eigenvalue weighted by atomic mass is 32.2. The van der Waals surface area contributed by atoms with E-state index < -0.39 is 11.9 Å². The number of nitrogens with one attached hydrogen (secondary N) is 1. The van der Waals surface area contributed by atoms with Crippen molar-refractivity contribution in [3.05, 3.63) is 23.2 Å². The van der Waals surface area contributed by atoms with Crippen molar-refractivity contribution in [2.45, 2.75) is 5.75 Å². The van der Waals surface area contributed by atoms with E-state index in [2.05, 4.69) is 25.4 Å². The van der Waals surface area contributed by atoms with Crippen LogP contribution in [0.3, 0.4) is 0 Å². The summed E-state index contributed by atoms with van der Waals surface area (Å²) >= 11 is 2.83. The summed E-state index contributed by atoms with van der Waals surface area (Å²) < 4.78 is 4.83. The lowest BCUT2D eigenvalue weighted by atomic mass is 10.5. The minimum atomic E-state index is -0.728. The molecule has 13 heteroatoms. The van der Waals surface area contributed by atoms with Crippen molar-refractivity contribution in [3.63, 3.8) is 0 Å². The van der Waals surface area contributed by atoms with Crippen molar-refractivity contribution in [1.82, 2.24) is 10.5 Å². The fourth-order valence-electron chi connectivity index (χ4n) is 1.53. The lowest BCUT2D eigenvalue weighted by Gasteiger charge is -2.09. The molecule has 0 bridgehead atoms. The van der Waals surface area contributed by atoms with Gasteiger partial charge in [0.2, 0.25) is 5.13 Å². The molecule has 1 aromatic rings. The molecule has 136 valence electrons. The summed E-state index contributed by atoms with van der Waals surface area (Å²) in [5.74, 6) is 4.78. The average molecular weight is 395 g/mol. The molecule has 0 radical (unpaired) electrons. The summed E-state index contributed by atoms with van der Waals surface area (Å²) in [4.78, 5) is 36.4. The number of cyclic esters (lactones) is 1. The van der Waals surface area contributed by atoms with Gasteiger partial charge >= 0.3 is 18.0 Å². The monoisotopic (exact) mass is 395 g/mol. The number of rotatable bonds is 7. The van der Waals surface area contributed by atoms with Gasteiger partial charge in [0.15, 0.2) is 6.19 Å². The number of thioether (sulfide) groups is 1. The van der Waals surface area contributed by atoms with Gasteiger partial charge < -0.3 is 15.4 Å². The number of esters is 1. The normalized spacial score (nSPS) is 17.0. The number of aromatic nitrogens is 1. The van der Waals surface area contributed by atoms with Gasteiger partial charge in [-0.2, -0.15) is 27.6 Å². The van der Waals surface area contributed by atoms with Crippen LogP contribution in [0.5, 0.6) is 0 Å². The van der Waals surface area contributed by atoms with Crippen LogP contribution in [0.1, 0.15) is 5.69 Å². The number of carbonyl (C=O) groups excluding carboxylic acids is 2. The predicted octanol–water partition coefficient (Wildman–Crippen LogP) is 0.0826. The molecule has 1 aliphatic rings. The molecule has 0 amide bonds. The molecule has 2 heterocycles. The molecule has 0 aromatic carbocycles. The zero-order valence-corrected chi connectivity index (χ0v) is 14.8. The van der Waals surface area contributed by atoms with Crippen molar-refractivity contribution in [2.75, 3.05) is 17.2 Å². The second-order valence-electron chi connectivity index (χ2n) is 4.37. The molecule has 0 spiro atoms. The highest BCUT2D eigenvalue weighted by Crippen LogP contribution is 2.22. The number of anilines is 1. The summed E-state index contributed by atoms with van der Waals surface area (Å²) in [6.07, 6.45) is 4.97. The van der Waals surface area contributed by atoms with Gasteiger partial charge in [-0.1, -0.05) is 0 Å². The Labute approximate surface area is 156 Å². The standard InChI is InChI=1S/C13H13N7O4S2/c14-7-20(8-17-15)13-18-9(6-26-13)5-25-4-3-16-12-19-24-11(22)2-1-10(21)23-12/h1-2,6,8H,3-5,15H2,(H,16,19)/b2-1-,17-8+. The Balaban J connectivity index is 1.77. The largest absolute Gasteiger partial charge is 0.387 e. The highest BCUT2D eigenvalue weighted by Gasteiger charge is 2.12. The molecular formula is C13H13N7O4S2. The Hall–Kier alpha value is -3.11. The van der Waals surface area contributed by atoms with E-state index in [-0.39, 0.29) is 6.02 Å². The van der Waals surface area contributed by atoms with Gasteiger partial charge in [0.25, 0.3) is 0 Å². The van der Waals surface area contributed by atoms with Crippen LogP contribution in [0, 0.1) is 11.5 Å². The first kappa shape index (κ1) is 19.2. The number of hydrogen-bond acceptors (Lipinski definition) is 11. The summed E-state index contributed by atoms with van der Waals surface area (Å²) in [5, 5.41) is 14.6. The van der Waals surface area contributed by atoms with E-state index >= 15 is 0 Å². The van der Waals surface area contributed by atoms with E-state index in [9.17, 15) is 9.59 Å². The highest BCUT2D eigenvalue weighted by molar-refractivity contribution is 7.98. The predicted molar refractivity (Wildman–Crippen MR) is 95.8 cm³/mol. The first-order chi connectivity index (χ1) is 12.6. The number of thiazole rings is 1. The van der Waals surface area contributed by atoms with Gasteiger partial charge in [-0.15, -0.1) is 11.3 Å². The minimum Gasteiger partial charge on any atom is -0.387 e.